The molecule has 6 nitrogen and oxygen atoms in total. The predicted octanol–water partition coefficient (Wildman–Crippen LogP) is 2.92. The second-order valence-electron chi connectivity index (χ2n) is 4.49. The molecular weight excluding hydrogens is 477 g/mol. The number of hydrogen-bond donors (Lipinski definition) is 2. The van der Waals surface area contributed by atoms with E-state index in [-0.39, 0.29) is 24.0 Å². The zero-order valence-corrected chi connectivity index (χ0v) is 17.6. The molecule has 1 aromatic carbocycles. The summed E-state index contributed by atoms with van der Waals surface area (Å²) in [5.41, 5.74) is 6.81. The van der Waals surface area contributed by atoms with Crippen LogP contribution in [0.4, 0.5) is 0 Å². The van der Waals surface area contributed by atoms with E-state index in [0.717, 1.165) is 36.2 Å². The number of benzene rings is 1. The van der Waals surface area contributed by atoms with E-state index in [2.05, 4.69) is 26.2 Å². The van der Waals surface area contributed by atoms with Crippen LogP contribution in [0.3, 0.4) is 0 Å². The van der Waals surface area contributed by atoms with E-state index in [4.69, 9.17) is 19.9 Å². The summed E-state index contributed by atoms with van der Waals surface area (Å²) in [6, 6.07) is 3.82. The van der Waals surface area contributed by atoms with Crippen molar-refractivity contribution in [2.24, 2.45) is 10.7 Å². The van der Waals surface area contributed by atoms with E-state index in [1.807, 2.05) is 19.1 Å². The van der Waals surface area contributed by atoms with Crippen molar-refractivity contribution in [3.05, 3.63) is 22.2 Å². The summed E-state index contributed by atoms with van der Waals surface area (Å²) in [5.74, 6) is 1.74. The lowest BCUT2D eigenvalue weighted by molar-refractivity contribution is 0.145. The molecule has 0 aliphatic carbocycles. The first-order valence-corrected chi connectivity index (χ1v) is 7.93. The van der Waals surface area contributed by atoms with Crippen LogP contribution in [0.5, 0.6) is 11.5 Å². The lowest BCUT2D eigenvalue weighted by atomic mass is 10.2. The van der Waals surface area contributed by atoms with Gasteiger partial charge >= 0.3 is 0 Å². The quantitative estimate of drug-likeness (QED) is 0.235. The molecule has 0 bridgehead atoms. The molecule has 0 radical (unpaired) electrons. The highest BCUT2D eigenvalue weighted by Crippen LogP contribution is 2.36. The molecule has 0 saturated heterocycles. The zero-order valence-electron chi connectivity index (χ0n) is 13.7. The fourth-order valence-electron chi connectivity index (χ4n) is 1.83. The molecule has 0 atom stereocenters. The van der Waals surface area contributed by atoms with Gasteiger partial charge in [-0.2, -0.15) is 0 Å². The third kappa shape index (κ3) is 8.07. The number of rotatable bonds is 9. The van der Waals surface area contributed by atoms with E-state index >= 15 is 0 Å². The summed E-state index contributed by atoms with van der Waals surface area (Å²) < 4.78 is 16.7. The normalized spacial score (nSPS) is 10.9. The van der Waals surface area contributed by atoms with E-state index in [1.54, 1.807) is 14.2 Å². The minimum atomic E-state index is 0. The van der Waals surface area contributed by atoms with Crippen LogP contribution >= 0.6 is 39.9 Å². The Balaban J connectivity index is 0.00000484. The molecule has 23 heavy (non-hydrogen) atoms. The number of nitrogens with two attached hydrogens (primary N) is 1. The first-order valence-electron chi connectivity index (χ1n) is 7.14. The number of hydrogen-bond acceptors (Lipinski definition) is 4. The monoisotopic (exact) mass is 501 g/mol. The van der Waals surface area contributed by atoms with Crippen LogP contribution in [0.25, 0.3) is 0 Å². The van der Waals surface area contributed by atoms with Gasteiger partial charge in [-0.15, -0.1) is 24.0 Å². The van der Waals surface area contributed by atoms with Crippen LogP contribution in [0.2, 0.25) is 0 Å². The molecule has 0 aliphatic heterocycles. The average molecular weight is 502 g/mol. The zero-order chi connectivity index (χ0) is 16.4. The fraction of sp³-hybridized carbons (Fsp3) is 0.533. The van der Waals surface area contributed by atoms with Crippen LogP contribution in [0.15, 0.2) is 21.6 Å². The largest absolute Gasteiger partial charge is 0.493 e. The molecule has 1 rings (SSSR count). The van der Waals surface area contributed by atoms with Gasteiger partial charge in [0, 0.05) is 19.8 Å². The Kier molecular flexibility index (Phi) is 12.2. The molecule has 0 fully saturated rings. The van der Waals surface area contributed by atoms with Gasteiger partial charge in [0.1, 0.15) is 0 Å². The summed E-state index contributed by atoms with van der Waals surface area (Å²) >= 11 is 3.46. The van der Waals surface area contributed by atoms with Gasteiger partial charge in [0.05, 0.1) is 25.2 Å². The van der Waals surface area contributed by atoms with Gasteiger partial charge in [0.15, 0.2) is 17.5 Å². The Morgan fingerprint density at radius 3 is 2.65 bits per heavy atom. The maximum Gasteiger partial charge on any atom is 0.188 e. The standard InChI is InChI=1S/C15H24BrN3O3.HI/c1-4-22-7-5-6-18-15(17)19-10-11-8-12(16)14(21-3)13(9-11)20-2;/h8-9H,4-7,10H2,1-3H3,(H3,17,18,19);1H. The van der Waals surface area contributed by atoms with Gasteiger partial charge in [0.25, 0.3) is 0 Å². The minimum Gasteiger partial charge on any atom is -0.493 e. The molecule has 8 heteroatoms. The third-order valence-corrected chi connectivity index (χ3v) is 3.49. The van der Waals surface area contributed by atoms with Crippen molar-refractivity contribution < 1.29 is 14.2 Å². The van der Waals surface area contributed by atoms with Crippen molar-refractivity contribution in [2.45, 2.75) is 19.9 Å². The van der Waals surface area contributed by atoms with Gasteiger partial charge in [-0.25, -0.2) is 4.99 Å². The molecule has 0 saturated carbocycles. The Bertz CT molecular complexity index is 501. The molecule has 0 heterocycles. The number of halogens is 2. The van der Waals surface area contributed by atoms with Crippen LogP contribution in [-0.4, -0.2) is 39.9 Å². The summed E-state index contributed by atoms with van der Waals surface area (Å²) in [7, 11) is 3.20. The maximum atomic E-state index is 5.83. The van der Waals surface area contributed by atoms with Crippen molar-refractivity contribution >= 4 is 45.9 Å². The molecule has 1 aromatic rings. The molecule has 0 aliphatic rings. The highest BCUT2D eigenvalue weighted by Gasteiger charge is 2.10. The van der Waals surface area contributed by atoms with E-state index < -0.39 is 0 Å². The Morgan fingerprint density at radius 2 is 2.04 bits per heavy atom. The number of ether oxygens (including phenoxy) is 3. The van der Waals surface area contributed by atoms with E-state index in [1.165, 1.54) is 0 Å². The van der Waals surface area contributed by atoms with Crippen LogP contribution in [-0.2, 0) is 11.3 Å². The number of guanidine groups is 1. The van der Waals surface area contributed by atoms with Gasteiger partial charge in [-0.3, -0.25) is 0 Å². The lowest BCUT2D eigenvalue weighted by Gasteiger charge is -2.11. The van der Waals surface area contributed by atoms with Gasteiger partial charge in [0.2, 0.25) is 0 Å². The maximum absolute atomic E-state index is 5.83. The molecule has 0 amide bonds. The first kappa shape index (κ1) is 22.3. The Hall–Kier alpha value is -0.740. The Labute approximate surface area is 163 Å². The second kappa shape index (κ2) is 12.7. The first-order chi connectivity index (χ1) is 10.6. The second-order valence-corrected chi connectivity index (χ2v) is 5.35. The van der Waals surface area contributed by atoms with Gasteiger partial charge in [-0.1, -0.05) is 0 Å². The van der Waals surface area contributed by atoms with Crippen molar-refractivity contribution in [1.82, 2.24) is 5.32 Å². The van der Waals surface area contributed by atoms with Crippen molar-refractivity contribution in [1.29, 1.82) is 0 Å². The predicted molar refractivity (Wildman–Crippen MR) is 107 cm³/mol. The molecule has 132 valence electrons. The average Bonchev–Trinajstić information content (AvgIpc) is 2.52. The molecule has 3 N–H and O–H groups in total. The van der Waals surface area contributed by atoms with Crippen LogP contribution in [0, 0.1) is 0 Å². The minimum absolute atomic E-state index is 0. The van der Waals surface area contributed by atoms with Crippen LogP contribution in [0.1, 0.15) is 18.9 Å². The summed E-state index contributed by atoms with van der Waals surface area (Å²) in [4.78, 5) is 4.31. The highest BCUT2D eigenvalue weighted by molar-refractivity contribution is 14.0. The number of methoxy groups -OCH3 is 2. The summed E-state index contributed by atoms with van der Waals surface area (Å²) in [6.07, 6.45) is 0.895. The fourth-order valence-corrected chi connectivity index (χ4v) is 2.48. The van der Waals surface area contributed by atoms with E-state index in [9.17, 15) is 0 Å². The van der Waals surface area contributed by atoms with E-state index in [0.29, 0.717) is 24.0 Å². The molecular formula is C15H25BrIN3O3. The van der Waals surface area contributed by atoms with Crippen molar-refractivity contribution in [3.63, 3.8) is 0 Å². The molecule has 0 unspecified atom stereocenters. The number of nitrogens with one attached hydrogen (secondary N) is 1. The Morgan fingerprint density at radius 1 is 1.30 bits per heavy atom. The van der Waals surface area contributed by atoms with Gasteiger partial charge < -0.3 is 25.3 Å². The topological polar surface area (TPSA) is 78.1 Å². The summed E-state index contributed by atoms with van der Waals surface area (Å²) in [5, 5.41) is 3.06. The van der Waals surface area contributed by atoms with Crippen LogP contribution < -0.4 is 20.5 Å². The van der Waals surface area contributed by atoms with Gasteiger partial charge in [-0.05, 0) is 47.0 Å². The lowest BCUT2D eigenvalue weighted by Crippen LogP contribution is -2.32. The SMILES string of the molecule is CCOCCCNC(N)=NCc1cc(Br)c(OC)c(OC)c1.I. The number of nitrogens with zero attached hydrogens (tertiary/aromatic N) is 1. The number of aliphatic imine (C=N–C) groups is 1. The van der Waals surface area contributed by atoms with Crippen molar-refractivity contribution in [3.8, 4) is 11.5 Å². The van der Waals surface area contributed by atoms with Crippen molar-refractivity contribution in [2.75, 3.05) is 34.0 Å². The highest BCUT2D eigenvalue weighted by atomic mass is 127. The molecule has 0 aromatic heterocycles. The molecule has 0 spiro atoms. The third-order valence-electron chi connectivity index (χ3n) is 2.90. The summed E-state index contributed by atoms with van der Waals surface area (Å²) in [6.45, 7) is 4.63. The smallest absolute Gasteiger partial charge is 0.188 e.